The molecule has 2 rings (SSSR count). The lowest BCUT2D eigenvalue weighted by Gasteiger charge is -2.07. The molecule has 1 aromatic rings. The summed E-state index contributed by atoms with van der Waals surface area (Å²) in [5.74, 6) is 0. The molecule has 1 saturated heterocycles. The van der Waals surface area contributed by atoms with E-state index >= 15 is 0 Å². The molecule has 0 spiro atoms. The summed E-state index contributed by atoms with van der Waals surface area (Å²) in [6.07, 6.45) is 3.68. The predicted molar refractivity (Wildman–Crippen MR) is 58.3 cm³/mol. The van der Waals surface area contributed by atoms with Gasteiger partial charge < -0.3 is 4.74 Å². The zero-order valence-electron chi connectivity index (χ0n) is 8.41. The van der Waals surface area contributed by atoms with Crippen LogP contribution in [-0.2, 0) is 11.2 Å². The van der Waals surface area contributed by atoms with Gasteiger partial charge in [-0.15, -0.1) is 0 Å². The summed E-state index contributed by atoms with van der Waals surface area (Å²) in [6, 6.07) is 10.6. The minimum atomic E-state index is 0.405. The fourth-order valence-corrected chi connectivity index (χ4v) is 1.83. The number of aryl methyl sites for hydroxylation is 1. The zero-order valence-corrected chi connectivity index (χ0v) is 8.41. The molecule has 0 amide bonds. The van der Waals surface area contributed by atoms with E-state index in [1.54, 1.807) is 0 Å². The van der Waals surface area contributed by atoms with E-state index in [9.17, 15) is 0 Å². The highest BCUT2D eigenvalue weighted by Gasteiger charge is 2.17. The van der Waals surface area contributed by atoms with E-state index < -0.39 is 0 Å². The van der Waals surface area contributed by atoms with Gasteiger partial charge in [-0.3, -0.25) is 0 Å². The zero-order chi connectivity index (χ0) is 9.80. The van der Waals surface area contributed by atoms with E-state index in [1.807, 2.05) is 0 Å². The van der Waals surface area contributed by atoms with Crippen LogP contribution in [0.25, 0.3) is 0 Å². The molecule has 0 N–H and O–H groups in total. The minimum Gasteiger partial charge on any atom is -0.374 e. The van der Waals surface area contributed by atoms with Gasteiger partial charge in [-0.1, -0.05) is 36.9 Å². The van der Waals surface area contributed by atoms with Crippen molar-refractivity contribution in [1.82, 2.24) is 0 Å². The first-order valence-corrected chi connectivity index (χ1v) is 5.17. The number of hydrogen-bond donors (Lipinski definition) is 0. The van der Waals surface area contributed by atoms with Crippen molar-refractivity contribution in [3.63, 3.8) is 0 Å². The summed E-state index contributed by atoms with van der Waals surface area (Å²) in [5.41, 5.74) is 2.64. The van der Waals surface area contributed by atoms with Gasteiger partial charge in [0.1, 0.15) is 0 Å². The standard InChI is InChI=1S/C13H16O/c1-11-9-13(14-10-11)8-7-12-5-3-2-4-6-12/h2-6,13H,1,7-10H2. The van der Waals surface area contributed by atoms with Crippen LogP contribution in [0, 0.1) is 0 Å². The first-order chi connectivity index (χ1) is 6.84. The van der Waals surface area contributed by atoms with Crippen molar-refractivity contribution >= 4 is 0 Å². The molecule has 0 bridgehead atoms. The number of rotatable bonds is 3. The molecule has 1 fully saturated rings. The third-order valence-corrected chi connectivity index (χ3v) is 2.64. The Kier molecular flexibility index (Phi) is 3.00. The van der Waals surface area contributed by atoms with Crippen LogP contribution < -0.4 is 0 Å². The normalized spacial score (nSPS) is 21.4. The Bertz CT molecular complexity index is 302. The number of benzene rings is 1. The van der Waals surface area contributed by atoms with Crippen LogP contribution in [0.1, 0.15) is 18.4 Å². The van der Waals surface area contributed by atoms with Crippen LogP contribution in [0.2, 0.25) is 0 Å². The largest absolute Gasteiger partial charge is 0.374 e. The molecule has 0 aliphatic carbocycles. The Morgan fingerprint density at radius 2 is 2.07 bits per heavy atom. The fraction of sp³-hybridized carbons (Fsp3) is 0.385. The van der Waals surface area contributed by atoms with E-state index in [0.29, 0.717) is 6.10 Å². The molecule has 1 aliphatic heterocycles. The van der Waals surface area contributed by atoms with Crippen molar-refractivity contribution in [3.05, 3.63) is 48.0 Å². The van der Waals surface area contributed by atoms with E-state index in [4.69, 9.17) is 4.74 Å². The van der Waals surface area contributed by atoms with Crippen molar-refractivity contribution in [3.8, 4) is 0 Å². The maximum absolute atomic E-state index is 5.59. The average molecular weight is 188 g/mol. The van der Waals surface area contributed by atoms with Crippen molar-refractivity contribution in [2.75, 3.05) is 6.61 Å². The lowest BCUT2D eigenvalue weighted by atomic mass is 10.0. The average Bonchev–Trinajstić information content (AvgIpc) is 2.63. The quantitative estimate of drug-likeness (QED) is 0.663. The summed E-state index contributed by atoms with van der Waals surface area (Å²) < 4.78 is 5.59. The molecule has 74 valence electrons. The van der Waals surface area contributed by atoms with Crippen molar-refractivity contribution in [1.29, 1.82) is 0 Å². The Balaban J connectivity index is 1.80. The molecular formula is C13H16O. The van der Waals surface area contributed by atoms with Crippen molar-refractivity contribution < 1.29 is 4.74 Å². The molecule has 1 atom stereocenters. The maximum Gasteiger partial charge on any atom is 0.0679 e. The van der Waals surface area contributed by atoms with Gasteiger partial charge in [0.25, 0.3) is 0 Å². The molecule has 0 saturated carbocycles. The molecule has 1 aromatic carbocycles. The third kappa shape index (κ3) is 2.46. The van der Waals surface area contributed by atoms with Crippen molar-refractivity contribution in [2.24, 2.45) is 0 Å². The monoisotopic (exact) mass is 188 g/mol. The summed E-state index contributed by atoms with van der Waals surface area (Å²) in [4.78, 5) is 0. The van der Waals surface area contributed by atoms with Gasteiger partial charge in [-0.2, -0.15) is 0 Å². The second-order valence-electron chi connectivity index (χ2n) is 3.91. The third-order valence-electron chi connectivity index (χ3n) is 2.64. The molecule has 14 heavy (non-hydrogen) atoms. The molecule has 1 heteroatoms. The van der Waals surface area contributed by atoms with Gasteiger partial charge in [0, 0.05) is 0 Å². The predicted octanol–water partition coefficient (Wildman–Crippen LogP) is 2.96. The highest BCUT2D eigenvalue weighted by molar-refractivity contribution is 5.15. The fourth-order valence-electron chi connectivity index (χ4n) is 1.83. The molecule has 0 radical (unpaired) electrons. The van der Waals surface area contributed by atoms with Crippen LogP contribution in [0.15, 0.2) is 42.5 Å². The van der Waals surface area contributed by atoms with Crippen molar-refractivity contribution in [2.45, 2.75) is 25.4 Å². The Labute approximate surface area is 85.4 Å². The minimum absolute atomic E-state index is 0.405. The van der Waals surface area contributed by atoms with Gasteiger partial charge in [0.15, 0.2) is 0 Å². The first kappa shape index (κ1) is 9.47. The van der Waals surface area contributed by atoms with E-state index in [0.717, 1.165) is 25.9 Å². The maximum atomic E-state index is 5.59. The Morgan fingerprint density at radius 3 is 2.71 bits per heavy atom. The second kappa shape index (κ2) is 4.43. The van der Waals surface area contributed by atoms with Crippen LogP contribution in [0.5, 0.6) is 0 Å². The smallest absolute Gasteiger partial charge is 0.0679 e. The molecular weight excluding hydrogens is 172 g/mol. The van der Waals surface area contributed by atoms with E-state index in [2.05, 4.69) is 36.9 Å². The van der Waals surface area contributed by atoms with Crippen LogP contribution in [0.4, 0.5) is 0 Å². The molecule has 0 aromatic heterocycles. The SMILES string of the molecule is C=C1COC(CCc2ccccc2)C1. The van der Waals surface area contributed by atoms with Crippen LogP contribution in [0.3, 0.4) is 0 Å². The van der Waals surface area contributed by atoms with Gasteiger partial charge in [0.2, 0.25) is 0 Å². The first-order valence-electron chi connectivity index (χ1n) is 5.17. The van der Waals surface area contributed by atoms with E-state index in [-0.39, 0.29) is 0 Å². The Hall–Kier alpha value is -1.08. The highest BCUT2D eigenvalue weighted by Crippen LogP contribution is 2.20. The number of ether oxygens (including phenoxy) is 1. The molecule has 1 heterocycles. The van der Waals surface area contributed by atoms with Crippen LogP contribution >= 0.6 is 0 Å². The van der Waals surface area contributed by atoms with Crippen LogP contribution in [-0.4, -0.2) is 12.7 Å². The van der Waals surface area contributed by atoms with E-state index in [1.165, 1.54) is 11.1 Å². The molecule has 1 aliphatic rings. The van der Waals surface area contributed by atoms with Gasteiger partial charge in [-0.05, 0) is 30.4 Å². The summed E-state index contributed by atoms with van der Waals surface area (Å²) in [6.45, 7) is 4.70. The lowest BCUT2D eigenvalue weighted by molar-refractivity contribution is 0.107. The van der Waals surface area contributed by atoms with Gasteiger partial charge >= 0.3 is 0 Å². The summed E-state index contributed by atoms with van der Waals surface area (Å²) in [7, 11) is 0. The Morgan fingerprint density at radius 1 is 1.29 bits per heavy atom. The number of hydrogen-bond acceptors (Lipinski definition) is 1. The summed E-state index contributed by atoms with van der Waals surface area (Å²) >= 11 is 0. The summed E-state index contributed by atoms with van der Waals surface area (Å²) in [5, 5.41) is 0. The van der Waals surface area contributed by atoms with Gasteiger partial charge in [-0.25, -0.2) is 0 Å². The van der Waals surface area contributed by atoms with Gasteiger partial charge in [0.05, 0.1) is 12.7 Å². The molecule has 1 nitrogen and oxygen atoms in total. The topological polar surface area (TPSA) is 9.23 Å². The second-order valence-corrected chi connectivity index (χ2v) is 3.91. The highest BCUT2D eigenvalue weighted by atomic mass is 16.5. The molecule has 1 unspecified atom stereocenters. The lowest BCUT2D eigenvalue weighted by Crippen LogP contribution is -2.05.